The van der Waals surface area contributed by atoms with E-state index in [9.17, 15) is 13.2 Å². The Morgan fingerprint density at radius 2 is 2.04 bits per heavy atom. The van der Waals surface area contributed by atoms with Crippen LogP contribution in [0.2, 0.25) is 0 Å². The summed E-state index contributed by atoms with van der Waals surface area (Å²) in [7, 11) is -2.41. The number of sulfonamides is 1. The fourth-order valence-corrected chi connectivity index (χ4v) is 4.03. The zero-order valence-corrected chi connectivity index (χ0v) is 14.3. The number of nitrogens with zero attached hydrogens (tertiary/aromatic N) is 3. The SMILES string of the molecule is CN(CC(=O)Nc1nc2ccccc2s1)S(=O)(=O)c1cccnc1. The molecule has 0 saturated carbocycles. The second-order valence-corrected chi connectivity index (χ2v) is 8.06. The summed E-state index contributed by atoms with van der Waals surface area (Å²) in [6.45, 7) is -0.312. The number of carbonyl (C=O) groups is 1. The molecular formula is C15H14N4O3S2. The molecule has 7 nitrogen and oxygen atoms in total. The molecule has 24 heavy (non-hydrogen) atoms. The van der Waals surface area contributed by atoms with Gasteiger partial charge in [-0.15, -0.1) is 0 Å². The maximum atomic E-state index is 12.4. The van der Waals surface area contributed by atoms with E-state index in [1.54, 1.807) is 0 Å². The van der Waals surface area contributed by atoms with Crippen molar-refractivity contribution in [3.05, 3.63) is 48.8 Å². The van der Waals surface area contributed by atoms with Crippen LogP contribution in [0, 0.1) is 0 Å². The van der Waals surface area contributed by atoms with Crippen LogP contribution in [0.25, 0.3) is 10.2 Å². The molecular weight excluding hydrogens is 348 g/mol. The van der Waals surface area contributed by atoms with Crippen molar-refractivity contribution in [3.8, 4) is 0 Å². The molecule has 1 N–H and O–H groups in total. The van der Waals surface area contributed by atoms with Gasteiger partial charge in [0.05, 0.1) is 16.8 Å². The molecule has 1 aromatic carbocycles. The second-order valence-electron chi connectivity index (χ2n) is 4.98. The summed E-state index contributed by atoms with van der Waals surface area (Å²) < 4.78 is 26.6. The molecule has 0 fully saturated rings. The highest BCUT2D eigenvalue weighted by Crippen LogP contribution is 2.25. The number of fused-ring (bicyclic) bond motifs is 1. The number of nitrogens with one attached hydrogen (secondary N) is 1. The van der Waals surface area contributed by atoms with Gasteiger partial charge in [0.2, 0.25) is 15.9 Å². The minimum Gasteiger partial charge on any atom is -0.301 e. The first kappa shape index (κ1) is 16.5. The van der Waals surface area contributed by atoms with E-state index in [4.69, 9.17) is 0 Å². The zero-order chi connectivity index (χ0) is 17.2. The third-order valence-electron chi connectivity index (χ3n) is 3.25. The van der Waals surface area contributed by atoms with E-state index in [1.807, 2.05) is 24.3 Å². The number of carbonyl (C=O) groups excluding carboxylic acids is 1. The Labute approximate surface area is 143 Å². The van der Waals surface area contributed by atoms with Crippen LogP contribution in [0.4, 0.5) is 5.13 Å². The first-order valence-corrected chi connectivity index (χ1v) is 9.24. The Balaban J connectivity index is 1.70. The highest BCUT2D eigenvalue weighted by atomic mass is 32.2. The number of benzene rings is 1. The number of hydrogen-bond donors (Lipinski definition) is 1. The molecule has 0 aliphatic carbocycles. The van der Waals surface area contributed by atoms with E-state index in [2.05, 4.69) is 15.3 Å². The third kappa shape index (κ3) is 3.42. The van der Waals surface area contributed by atoms with Crippen LogP contribution in [0.5, 0.6) is 0 Å². The van der Waals surface area contributed by atoms with E-state index in [-0.39, 0.29) is 11.4 Å². The summed E-state index contributed by atoms with van der Waals surface area (Å²) in [5, 5.41) is 3.07. The molecule has 3 aromatic rings. The van der Waals surface area contributed by atoms with Gasteiger partial charge < -0.3 is 5.32 Å². The number of thiazole rings is 1. The van der Waals surface area contributed by atoms with Crippen molar-refractivity contribution >= 4 is 42.6 Å². The van der Waals surface area contributed by atoms with Crippen LogP contribution in [-0.4, -0.2) is 42.2 Å². The van der Waals surface area contributed by atoms with Crippen LogP contribution >= 0.6 is 11.3 Å². The van der Waals surface area contributed by atoms with Crippen molar-refractivity contribution < 1.29 is 13.2 Å². The second kappa shape index (κ2) is 6.63. The summed E-state index contributed by atoms with van der Waals surface area (Å²) in [6.07, 6.45) is 2.73. The van der Waals surface area contributed by atoms with Crippen LogP contribution in [0.3, 0.4) is 0 Å². The quantitative estimate of drug-likeness (QED) is 0.749. The van der Waals surface area contributed by atoms with Crippen LogP contribution in [-0.2, 0) is 14.8 Å². The van der Waals surface area contributed by atoms with Gasteiger partial charge in [-0.3, -0.25) is 9.78 Å². The molecule has 0 aliphatic heterocycles. The predicted octanol–water partition coefficient (Wildman–Crippen LogP) is 1.95. The number of pyridine rings is 1. The van der Waals surface area contributed by atoms with Crippen molar-refractivity contribution in [2.24, 2.45) is 0 Å². The van der Waals surface area contributed by atoms with E-state index in [0.717, 1.165) is 14.5 Å². The average molecular weight is 362 g/mol. The van der Waals surface area contributed by atoms with Gasteiger partial charge in [-0.1, -0.05) is 23.5 Å². The fourth-order valence-electron chi connectivity index (χ4n) is 2.05. The molecule has 1 amide bonds. The van der Waals surface area contributed by atoms with E-state index in [1.165, 1.54) is 42.9 Å². The van der Waals surface area contributed by atoms with E-state index in [0.29, 0.717) is 5.13 Å². The molecule has 2 heterocycles. The summed E-state index contributed by atoms with van der Waals surface area (Å²) in [4.78, 5) is 20.2. The van der Waals surface area contributed by atoms with Gasteiger partial charge >= 0.3 is 0 Å². The first-order valence-electron chi connectivity index (χ1n) is 6.98. The first-order chi connectivity index (χ1) is 11.5. The molecule has 0 radical (unpaired) electrons. The lowest BCUT2D eigenvalue weighted by molar-refractivity contribution is -0.116. The number of rotatable bonds is 5. The summed E-state index contributed by atoms with van der Waals surface area (Å²) in [6, 6.07) is 10.5. The number of likely N-dealkylation sites (N-methyl/N-ethyl adjacent to an activating group) is 1. The van der Waals surface area contributed by atoms with Crippen LogP contribution < -0.4 is 5.32 Å². The highest BCUT2D eigenvalue weighted by molar-refractivity contribution is 7.89. The van der Waals surface area contributed by atoms with Gasteiger partial charge in [0.1, 0.15) is 4.90 Å². The van der Waals surface area contributed by atoms with Gasteiger partial charge in [-0.25, -0.2) is 13.4 Å². The maximum absolute atomic E-state index is 12.4. The van der Waals surface area contributed by atoms with Crippen molar-refractivity contribution in [3.63, 3.8) is 0 Å². The van der Waals surface area contributed by atoms with Crippen molar-refractivity contribution in [1.82, 2.24) is 14.3 Å². The normalized spacial score (nSPS) is 11.8. The Morgan fingerprint density at radius 1 is 1.25 bits per heavy atom. The molecule has 2 aromatic heterocycles. The topological polar surface area (TPSA) is 92.3 Å². The van der Waals surface area contributed by atoms with Gasteiger partial charge in [0, 0.05) is 19.4 Å². The maximum Gasteiger partial charge on any atom is 0.244 e. The number of amides is 1. The Kier molecular flexibility index (Phi) is 4.56. The molecule has 0 bridgehead atoms. The molecule has 9 heteroatoms. The number of para-hydroxylation sites is 1. The van der Waals surface area contributed by atoms with E-state index < -0.39 is 15.9 Å². The standard InChI is InChI=1S/C15H14N4O3S2/c1-19(24(21,22)11-5-4-8-16-9-11)10-14(20)18-15-17-12-6-2-3-7-13(12)23-15/h2-9H,10H2,1H3,(H,17,18,20). The lowest BCUT2D eigenvalue weighted by Gasteiger charge is -2.16. The van der Waals surface area contributed by atoms with Gasteiger partial charge in [-0.05, 0) is 24.3 Å². The largest absolute Gasteiger partial charge is 0.301 e. The fraction of sp³-hybridized carbons (Fsp3) is 0.133. The van der Waals surface area contributed by atoms with Crippen LogP contribution in [0.15, 0.2) is 53.7 Å². The molecule has 0 spiro atoms. The van der Waals surface area contributed by atoms with Crippen molar-refractivity contribution in [2.75, 3.05) is 18.9 Å². The monoisotopic (exact) mass is 362 g/mol. The van der Waals surface area contributed by atoms with Crippen LogP contribution in [0.1, 0.15) is 0 Å². The zero-order valence-electron chi connectivity index (χ0n) is 12.7. The summed E-state index contributed by atoms with van der Waals surface area (Å²) >= 11 is 1.34. The third-order valence-corrected chi connectivity index (χ3v) is 5.99. The number of anilines is 1. The summed E-state index contributed by atoms with van der Waals surface area (Å²) in [5.74, 6) is -0.455. The molecule has 0 saturated heterocycles. The highest BCUT2D eigenvalue weighted by Gasteiger charge is 2.23. The van der Waals surface area contributed by atoms with Gasteiger partial charge in [0.15, 0.2) is 5.13 Å². The smallest absolute Gasteiger partial charge is 0.244 e. The lowest BCUT2D eigenvalue weighted by Crippen LogP contribution is -2.35. The minimum absolute atomic E-state index is 0.0419. The number of hydrogen-bond acceptors (Lipinski definition) is 6. The lowest BCUT2D eigenvalue weighted by atomic mass is 10.3. The molecule has 0 aliphatic rings. The minimum atomic E-state index is -3.76. The predicted molar refractivity (Wildman–Crippen MR) is 92.3 cm³/mol. The van der Waals surface area contributed by atoms with Gasteiger partial charge in [-0.2, -0.15) is 4.31 Å². The molecule has 0 atom stereocenters. The average Bonchev–Trinajstić information content (AvgIpc) is 2.97. The Morgan fingerprint density at radius 3 is 2.75 bits per heavy atom. The van der Waals surface area contributed by atoms with Crippen molar-refractivity contribution in [2.45, 2.75) is 4.90 Å². The van der Waals surface area contributed by atoms with E-state index >= 15 is 0 Å². The molecule has 124 valence electrons. The van der Waals surface area contributed by atoms with Crippen molar-refractivity contribution in [1.29, 1.82) is 0 Å². The van der Waals surface area contributed by atoms with Gasteiger partial charge in [0.25, 0.3) is 0 Å². The Hall–Kier alpha value is -2.36. The summed E-state index contributed by atoms with van der Waals surface area (Å²) in [5.41, 5.74) is 0.786. The molecule has 3 rings (SSSR count). The molecule has 0 unspecified atom stereocenters. The number of aromatic nitrogens is 2. The Bertz CT molecular complexity index is 938.